The minimum Gasteiger partial charge on any atom is -0.380 e. The Bertz CT molecular complexity index is 328. The molecule has 0 heterocycles. The molecule has 0 aliphatic heterocycles. The molecular weight excluding hydrogens is 300 g/mol. The summed E-state index contributed by atoms with van der Waals surface area (Å²) in [5.41, 5.74) is 0. The summed E-state index contributed by atoms with van der Waals surface area (Å²) in [7, 11) is -2.43. The first-order valence-corrected chi connectivity index (χ1v) is 10.6. The van der Waals surface area contributed by atoms with Gasteiger partial charge in [0, 0.05) is 7.11 Å². The molecule has 1 unspecified atom stereocenters. The molecule has 0 aromatic rings. The fourth-order valence-corrected chi connectivity index (χ4v) is 3.49. The van der Waals surface area contributed by atoms with Gasteiger partial charge in [0.25, 0.3) is 10.1 Å². The van der Waals surface area contributed by atoms with Gasteiger partial charge in [0.1, 0.15) is 5.75 Å². The van der Waals surface area contributed by atoms with Gasteiger partial charge in [-0.3, -0.25) is 4.55 Å². The highest BCUT2D eigenvalue weighted by Gasteiger charge is 2.15. The Morgan fingerprint density at radius 1 is 0.818 bits per heavy atom. The smallest absolute Gasteiger partial charge is 0.267 e. The lowest BCUT2D eigenvalue weighted by molar-refractivity contribution is 0.109. The van der Waals surface area contributed by atoms with E-state index < -0.39 is 10.1 Å². The van der Waals surface area contributed by atoms with Crippen LogP contribution in [0.3, 0.4) is 0 Å². The van der Waals surface area contributed by atoms with Gasteiger partial charge in [-0.05, 0) is 6.42 Å². The maximum absolute atomic E-state index is 10.8. The summed E-state index contributed by atoms with van der Waals surface area (Å²) < 4.78 is 35.5. The maximum Gasteiger partial charge on any atom is 0.267 e. The number of methoxy groups -OCH3 is 1. The quantitative estimate of drug-likeness (QED) is 0.319. The van der Waals surface area contributed by atoms with Crippen molar-refractivity contribution in [2.24, 2.45) is 0 Å². The molecule has 0 saturated carbocycles. The van der Waals surface area contributed by atoms with E-state index in [2.05, 4.69) is 6.92 Å². The molecule has 1 N–H and O–H groups in total. The van der Waals surface area contributed by atoms with Crippen molar-refractivity contribution in [3.63, 3.8) is 0 Å². The van der Waals surface area contributed by atoms with Crippen molar-refractivity contribution < 1.29 is 17.7 Å². The van der Waals surface area contributed by atoms with Crippen LogP contribution in [0.15, 0.2) is 0 Å². The Balaban J connectivity index is 3.32. The summed E-state index contributed by atoms with van der Waals surface area (Å²) in [5, 5.41) is 0. The third-order valence-electron chi connectivity index (χ3n) is 4.11. The van der Waals surface area contributed by atoms with Gasteiger partial charge in [-0.25, -0.2) is 0 Å². The molecule has 4 nitrogen and oxygen atoms in total. The fourth-order valence-electron chi connectivity index (χ4n) is 2.72. The summed E-state index contributed by atoms with van der Waals surface area (Å²) in [6.07, 6.45) is 15.7. The van der Waals surface area contributed by atoms with Crippen LogP contribution < -0.4 is 0 Å². The zero-order chi connectivity index (χ0) is 16.7. The van der Waals surface area contributed by atoms with Gasteiger partial charge in [0.15, 0.2) is 0 Å². The lowest BCUT2D eigenvalue weighted by Gasteiger charge is -2.13. The summed E-state index contributed by atoms with van der Waals surface area (Å²) in [4.78, 5) is 0. The third-order valence-corrected chi connectivity index (χ3v) is 4.90. The molecule has 0 aliphatic carbocycles. The van der Waals surface area contributed by atoms with Crippen LogP contribution in [0.5, 0.6) is 0 Å². The van der Waals surface area contributed by atoms with Crippen molar-refractivity contribution in [1.29, 1.82) is 0 Å². The highest BCUT2D eigenvalue weighted by Crippen LogP contribution is 2.14. The monoisotopic (exact) mass is 336 g/mol. The molecule has 0 radical (unpaired) electrons. The van der Waals surface area contributed by atoms with Gasteiger partial charge in [-0.1, -0.05) is 84.0 Å². The van der Waals surface area contributed by atoms with Crippen molar-refractivity contribution in [2.75, 3.05) is 12.9 Å². The van der Waals surface area contributed by atoms with Gasteiger partial charge >= 0.3 is 0 Å². The van der Waals surface area contributed by atoms with E-state index >= 15 is 0 Å². The molecule has 0 rings (SSSR count). The van der Waals surface area contributed by atoms with Crippen LogP contribution in [0.1, 0.15) is 90.4 Å². The number of rotatable bonds is 16. The standard InChI is InChI=1S/C17H36O4S/c1-3-4-5-6-7-8-9-10-11-12-13-14-15-17(21-2)16-22(18,19)20/h17H,3-16H2,1-2H3,(H,18,19,20). The number of hydrogen-bond donors (Lipinski definition) is 1. The van der Waals surface area contributed by atoms with Crippen LogP contribution >= 0.6 is 0 Å². The Hall–Kier alpha value is -0.130. The molecule has 1 atom stereocenters. The Labute approximate surface area is 137 Å². The normalized spacial score (nSPS) is 13.4. The first-order chi connectivity index (χ1) is 10.5. The molecule has 0 aromatic carbocycles. The SMILES string of the molecule is CCCCCCCCCCCCCCC(CS(=O)(=O)O)OC. The average molecular weight is 337 g/mol. The predicted molar refractivity (Wildman–Crippen MR) is 92.9 cm³/mol. The molecule has 0 spiro atoms. The van der Waals surface area contributed by atoms with E-state index in [1.165, 1.54) is 71.3 Å². The van der Waals surface area contributed by atoms with Crippen molar-refractivity contribution in [3.8, 4) is 0 Å². The van der Waals surface area contributed by atoms with Crippen molar-refractivity contribution in [1.82, 2.24) is 0 Å². The van der Waals surface area contributed by atoms with Crippen LogP contribution in [-0.2, 0) is 14.9 Å². The summed E-state index contributed by atoms with van der Waals surface area (Å²) in [6.45, 7) is 2.25. The van der Waals surface area contributed by atoms with E-state index in [1.807, 2.05) is 0 Å². The van der Waals surface area contributed by atoms with E-state index in [-0.39, 0.29) is 11.9 Å². The minimum absolute atomic E-state index is 0.290. The fraction of sp³-hybridized carbons (Fsp3) is 1.00. The molecule has 5 heteroatoms. The molecule has 0 aromatic heterocycles. The second-order valence-corrected chi connectivity index (χ2v) is 7.78. The first kappa shape index (κ1) is 21.9. The molecule has 0 bridgehead atoms. The average Bonchev–Trinajstić information content (AvgIpc) is 2.46. The van der Waals surface area contributed by atoms with Gasteiger partial charge in [0.2, 0.25) is 0 Å². The summed E-state index contributed by atoms with van der Waals surface area (Å²) in [5.74, 6) is -0.290. The minimum atomic E-state index is -3.93. The third kappa shape index (κ3) is 16.2. The van der Waals surface area contributed by atoms with Gasteiger partial charge in [0.05, 0.1) is 6.10 Å². The van der Waals surface area contributed by atoms with Crippen molar-refractivity contribution in [2.45, 2.75) is 96.5 Å². The highest BCUT2D eigenvalue weighted by atomic mass is 32.2. The van der Waals surface area contributed by atoms with Gasteiger partial charge in [-0.15, -0.1) is 0 Å². The second-order valence-electron chi connectivity index (χ2n) is 6.28. The van der Waals surface area contributed by atoms with E-state index in [0.717, 1.165) is 12.8 Å². The van der Waals surface area contributed by atoms with Crippen LogP contribution in [0.25, 0.3) is 0 Å². The summed E-state index contributed by atoms with van der Waals surface area (Å²) >= 11 is 0. The lowest BCUT2D eigenvalue weighted by Crippen LogP contribution is -2.22. The van der Waals surface area contributed by atoms with Gasteiger partial charge in [-0.2, -0.15) is 8.42 Å². The zero-order valence-corrected chi connectivity index (χ0v) is 15.4. The maximum atomic E-state index is 10.8. The van der Waals surface area contributed by atoms with Gasteiger partial charge < -0.3 is 4.74 Å². The Kier molecular flexibility index (Phi) is 14.4. The van der Waals surface area contributed by atoms with Crippen molar-refractivity contribution in [3.05, 3.63) is 0 Å². The van der Waals surface area contributed by atoms with Crippen LogP contribution in [0, 0.1) is 0 Å². The Morgan fingerprint density at radius 3 is 1.59 bits per heavy atom. The molecule has 0 aliphatic rings. The summed E-state index contributed by atoms with van der Waals surface area (Å²) in [6, 6.07) is 0. The van der Waals surface area contributed by atoms with E-state index in [9.17, 15) is 8.42 Å². The molecule has 0 fully saturated rings. The number of unbranched alkanes of at least 4 members (excludes halogenated alkanes) is 11. The van der Waals surface area contributed by atoms with E-state index in [4.69, 9.17) is 9.29 Å². The topological polar surface area (TPSA) is 63.6 Å². The number of ether oxygens (including phenoxy) is 1. The Morgan fingerprint density at radius 2 is 1.23 bits per heavy atom. The van der Waals surface area contributed by atoms with E-state index in [1.54, 1.807) is 0 Å². The molecule has 0 amide bonds. The molecule has 22 heavy (non-hydrogen) atoms. The predicted octanol–water partition coefficient (Wildman–Crippen LogP) is 4.98. The van der Waals surface area contributed by atoms with Crippen LogP contribution in [0.4, 0.5) is 0 Å². The zero-order valence-electron chi connectivity index (χ0n) is 14.6. The lowest BCUT2D eigenvalue weighted by atomic mass is 10.0. The van der Waals surface area contributed by atoms with E-state index in [0.29, 0.717) is 6.42 Å². The highest BCUT2D eigenvalue weighted by molar-refractivity contribution is 7.85. The molecule has 0 saturated heterocycles. The number of hydrogen-bond acceptors (Lipinski definition) is 3. The molecular formula is C17H36O4S. The second kappa shape index (κ2) is 14.5. The first-order valence-electron chi connectivity index (χ1n) is 8.97. The largest absolute Gasteiger partial charge is 0.380 e. The van der Waals surface area contributed by atoms with Crippen LogP contribution in [-0.4, -0.2) is 31.9 Å². The van der Waals surface area contributed by atoms with Crippen LogP contribution in [0.2, 0.25) is 0 Å². The molecule has 134 valence electrons. The van der Waals surface area contributed by atoms with Crippen molar-refractivity contribution >= 4 is 10.1 Å².